The molecule has 0 aliphatic carbocycles. The highest BCUT2D eigenvalue weighted by Crippen LogP contribution is 2.21. The van der Waals surface area contributed by atoms with Crippen molar-refractivity contribution in [3.05, 3.63) is 65.5 Å². The Balaban J connectivity index is 1.59. The van der Waals surface area contributed by atoms with Crippen LogP contribution in [0.5, 0.6) is 0 Å². The lowest BCUT2D eigenvalue weighted by atomic mass is 10.2. The van der Waals surface area contributed by atoms with Gasteiger partial charge in [0.05, 0.1) is 10.5 Å². The van der Waals surface area contributed by atoms with Gasteiger partial charge in [-0.1, -0.05) is 24.3 Å². The first-order chi connectivity index (χ1) is 13.4. The van der Waals surface area contributed by atoms with Gasteiger partial charge in [-0.25, -0.2) is 17.6 Å². The van der Waals surface area contributed by atoms with Crippen LogP contribution in [0.4, 0.5) is 9.18 Å². The number of nitriles is 1. The van der Waals surface area contributed by atoms with Crippen LogP contribution in [0.3, 0.4) is 0 Å². The minimum absolute atomic E-state index is 0.0264. The minimum atomic E-state index is -3.80. The van der Waals surface area contributed by atoms with E-state index in [0.717, 1.165) is 0 Å². The average molecular weight is 402 g/mol. The van der Waals surface area contributed by atoms with E-state index in [4.69, 9.17) is 5.26 Å². The molecule has 0 spiro atoms. The van der Waals surface area contributed by atoms with Crippen molar-refractivity contribution in [2.45, 2.75) is 11.4 Å². The van der Waals surface area contributed by atoms with E-state index < -0.39 is 10.0 Å². The Morgan fingerprint density at radius 1 is 1.11 bits per heavy atom. The molecule has 0 bridgehead atoms. The maximum atomic E-state index is 13.2. The number of benzene rings is 2. The van der Waals surface area contributed by atoms with E-state index in [1.54, 1.807) is 24.3 Å². The monoisotopic (exact) mass is 402 g/mol. The number of carbonyl (C=O) groups is 1. The quantitative estimate of drug-likeness (QED) is 0.845. The number of urea groups is 1. The number of halogens is 1. The molecule has 28 heavy (non-hydrogen) atoms. The van der Waals surface area contributed by atoms with Gasteiger partial charge in [-0.05, 0) is 29.8 Å². The SMILES string of the molecule is N#Cc1ccccc1S(=O)(=O)N1CCN(C(=O)NCc2cccc(F)c2)CC1. The van der Waals surface area contributed by atoms with E-state index in [1.165, 1.54) is 33.5 Å². The second-order valence-electron chi connectivity index (χ2n) is 6.29. The number of amides is 2. The van der Waals surface area contributed by atoms with E-state index in [2.05, 4.69) is 5.32 Å². The maximum Gasteiger partial charge on any atom is 0.317 e. The molecule has 1 aliphatic rings. The van der Waals surface area contributed by atoms with E-state index in [0.29, 0.717) is 5.56 Å². The third kappa shape index (κ3) is 4.30. The number of nitrogens with one attached hydrogen (secondary N) is 1. The Morgan fingerprint density at radius 2 is 1.82 bits per heavy atom. The summed E-state index contributed by atoms with van der Waals surface area (Å²) >= 11 is 0. The summed E-state index contributed by atoms with van der Waals surface area (Å²) in [7, 11) is -3.80. The zero-order valence-corrected chi connectivity index (χ0v) is 15.8. The molecule has 2 aromatic carbocycles. The van der Waals surface area contributed by atoms with E-state index >= 15 is 0 Å². The number of nitrogens with zero attached hydrogens (tertiary/aromatic N) is 3. The topological polar surface area (TPSA) is 93.5 Å². The standard InChI is InChI=1S/C19H19FN4O3S/c20-17-6-3-4-15(12-17)14-22-19(25)23-8-10-24(11-9-23)28(26,27)18-7-2-1-5-16(18)13-21/h1-7,12H,8-11,14H2,(H,22,25). The van der Waals surface area contributed by atoms with Crippen molar-refractivity contribution < 1.29 is 17.6 Å². The molecule has 2 aromatic rings. The first-order valence-corrected chi connectivity index (χ1v) is 10.1. The normalized spacial score (nSPS) is 15.1. The molecule has 2 amide bonds. The number of piperazine rings is 1. The van der Waals surface area contributed by atoms with E-state index in [-0.39, 0.29) is 55.0 Å². The van der Waals surface area contributed by atoms with Crippen LogP contribution in [0.25, 0.3) is 0 Å². The molecular weight excluding hydrogens is 383 g/mol. The highest BCUT2D eigenvalue weighted by molar-refractivity contribution is 7.89. The van der Waals surface area contributed by atoms with Crippen LogP contribution in [0.1, 0.15) is 11.1 Å². The van der Waals surface area contributed by atoms with Gasteiger partial charge in [-0.3, -0.25) is 0 Å². The van der Waals surface area contributed by atoms with Crippen LogP contribution in [0, 0.1) is 17.1 Å². The predicted molar refractivity (Wildman–Crippen MR) is 100 cm³/mol. The van der Waals surface area contributed by atoms with Crippen LogP contribution in [-0.4, -0.2) is 49.8 Å². The minimum Gasteiger partial charge on any atom is -0.334 e. The van der Waals surface area contributed by atoms with E-state index in [1.807, 2.05) is 6.07 Å². The van der Waals surface area contributed by atoms with Crippen molar-refractivity contribution in [3.63, 3.8) is 0 Å². The number of hydrogen-bond donors (Lipinski definition) is 1. The van der Waals surface area contributed by atoms with Crippen LogP contribution >= 0.6 is 0 Å². The van der Waals surface area contributed by atoms with Crippen molar-refractivity contribution in [1.82, 2.24) is 14.5 Å². The highest BCUT2D eigenvalue weighted by Gasteiger charge is 2.31. The molecule has 9 heteroatoms. The second kappa shape index (κ2) is 8.37. The first-order valence-electron chi connectivity index (χ1n) is 8.68. The summed E-state index contributed by atoms with van der Waals surface area (Å²) in [6.07, 6.45) is 0. The Morgan fingerprint density at radius 3 is 2.50 bits per heavy atom. The third-order valence-electron chi connectivity index (χ3n) is 4.48. The molecule has 1 aliphatic heterocycles. The summed E-state index contributed by atoms with van der Waals surface area (Å²) in [6, 6.07) is 13.6. The molecule has 146 valence electrons. The summed E-state index contributed by atoms with van der Waals surface area (Å²) in [5.74, 6) is -0.372. The summed E-state index contributed by atoms with van der Waals surface area (Å²) in [5.41, 5.74) is 0.737. The Kier molecular flexibility index (Phi) is 5.92. The van der Waals surface area contributed by atoms with Crippen LogP contribution in [-0.2, 0) is 16.6 Å². The second-order valence-corrected chi connectivity index (χ2v) is 8.19. The maximum absolute atomic E-state index is 13.2. The van der Waals surface area contributed by atoms with Gasteiger partial charge in [0.15, 0.2) is 0 Å². The fraction of sp³-hybridized carbons (Fsp3) is 0.263. The summed E-state index contributed by atoms with van der Waals surface area (Å²) in [5, 5.41) is 11.9. The molecule has 0 atom stereocenters. The number of sulfonamides is 1. The first kappa shape index (κ1) is 19.8. The summed E-state index contributed by atoms with van der Waals surface area (Å²) in [4.78, 5) is 13.8. The zero-order chi connectivity index (χ0) is 20.1. The third-order valence-corrected chi connectivity index (χ3v) is 6.44. The lowest BCUT2D eigenvalue weighted by molar-refractivity contribution is 0.172. The predicted octanol–water partition coefficient (Wildman–Crippen LogP) is 1.91. The smallest absolute Gasteiger partial charge is 0.317 e. The van der Waals surface area contributed by atoms with Gasteiger partial charge in [0, 0.05) is 32.7 Å². The molecular formula is C19H19FN4O3S. The molecule has 3 rings (SSSR count). The molecule has 7 nitrogen and oxygen atoms in total. The number of rotatable bonds is 4. The lowest BCUT2D eigenvalue weighted by Gasteiger charge is -2.34. The molecule has 0 radical (unpaired) electrons. The number of hydrogen-bond acceptors (Lipinski definition) is 4. The fourth-order valence-corrected chi connectivity index (χ4v) is 4.56. The van der Waals surface area contributed by atoms with Gasteiger partial charge in [-0.2, -0.15) is 9.57 Å². The summed E-state index contributed by atoms with van der Waals surface area (Å²) in [6.45, 7) is 0.904. The van der Waals surface area contributed by atoms with Crippen molar-refractivity contribution in [2.24, 2.45) is 0 Å². The van der Waals surface area contributed by atoms with Gasteiger partial charge in [0.25, 0.3) is 0 Å². The van der Waals surface area contributed by atoms with Gasteiger partial charge in [0.2, 0.25) is 10.0 Å². The highest BCUT2D eigenvalue weighted by atomic mass is 32.2. The molecule has 0 unspecified atom stereocenters. The largest absolute Gasteiger partial charge is 0.334 e. The van der Waals surface area contributed by atoms with Gasteiger partial charge >= 0.3 is 6.03 Å². The molecule has 1 N–H and O–H groups in total. The van der Waals surface area contributed by atoms with Crippen molar-refractivity contribution in [1.29, 1.82) is 5.26 Å². The molecule has 0 saturated carbocycles. The molecule has 1 saturated heterocycles. The fourth-order valence-electron chi connectivity index (χ4n) is 2.99. The van der Waals surface area contributed by atoms with Crippen LogP contribution < -0.4 is 5.32 Å². The van der Waals surface area contributed by atoms with E-state index in [9.17, 15) is 17.6 Å². The Hall–Kier alpha value is -2.96. The van der Waals surface area contributed by atoms with Gasteiger partial charge in [-0.15, -0.1) is 0 Å². The van der Waals surface area contributed by atoms with Crippen molar-refractivity contribution in [2.75, 3.05) is 26.2 Å². The van der Waals surface area contributed by atoms with Gasteiger partial charge in [0.1, 0.15) is 11.9 Å². The molecule has 0 aromatic heterocycles. The van der Waals surface area contributed by atoms with Crippen LogP contribution in [0.2, 0.25) is 0 Å². The van der Waals surface area contributed by atoms with Gasteiger partial charge < -0.3 is 10.2 Å². The Labute approximate surface area is 163 Å². The molecule has 1 heterocycles. The van der Waals surface area contributed by atoms with Crippen LogP contribution in [0.15, 0.2) is 53.4 Å². The van der Waals surface area contributed by atoms with Crippen molar-refractivity contribution in [3.8, 4) is 6.07 Å². The Bertz CT molecular complexity index is 1010. The number of carbonyl (C=O) groups excluding carboxylic acids is 1. The van der Waals surface area contributed by atoms with Crippen molar-refractivity contribution >= 4 is 16.1 Å². The zero-order valence-electron chi connectivity index (χ0n) is 15.0. The summed E-state index contributed by atoms with van der Waals surface area (Å²) < 4.78 is 40.1. The lowest BCUT2D eigenvalue weighted by Crippen LogP contribution is -2.53. The molecule has 1 fully saturated rings. The average Bonchev–Trinajstić information content (AvgIpc) is 2.72.